The van der Waals surface area contributed by atoms with E-state index < -0.39 is 0 Å². The third kappa shape index (κ3) is 4.96. The SMILES string of the molecule is Cc1nccn1Cc1ccc(NC(=O)CCc2ncc(-c3ccc(Cl)cc3)o2)cc1. The number of amides is 1. The van der Waals surface area contributed by atoms with Crippen molar-refractivity contribution in [1.82, 2.24) is 14.5 Å². The van der Waals surface area contributed by atoms with Gasteiger partial charge in [0.15, 0.2) is 11.7 Å². The van der Waals surface area contributed by atoms with E-state index in [9.17, 15) is 4.79 Å². The number of nitrogens with one attached hydrogen (secondary N) is 1. The molecule has 30 heavy (non-hydrogen) atoms. The van der Waals surface area contributed by atoms with Crippen LogP contribution in [-0.2, 0) is 17.8 Å². The van der Waals surface area contributed by atoms with Crippen LogP contribution in [0.15, 0.2) is 71.5 Å². The second kappa shape index (κ2) is 8.97. The second-order valence-electron chi connectivity index (χ2n) is 6.97. The molecule has 2 heterocycles. The maximum Gasteiger partial charge on any atom is 0.224 e. The maximum absolute atomic E-state index is 12.3. The number of hydrogen-bond acceptors (Lipinski definition) is 4. The summed E-state index contributed by atoms with van der Waals surface area (Å²) >= 11 is 5.91. The molecule has 0 saturated carbocycles. The highest BCUT2D eigenvalue weighted by Gasteiger charge is 2.10. The molecular weight excluding hydrogens is 400 g/mol. The molecule has 4 aromatic rings. The van der Waals surface area contributed by atoms with Crippen LogP contribution in [0.3, 0.4) is 0 Å². The van der Waals surface area contributed by atoms with Crippen molar-refractivity contribution in [3.8, 4) is 11.3 Å². The predicted octanol–water partition coefficient (Wildman–Crippen LogP) is 5.12. The fraction of sp³-hybridized carbons (Fsp3) is 0.174. The van der Waals surface area contributed by atoms with Gasteiger partial charge in [0.1, 0.15) is 5.82 Å². The van der Waals surface area contributed by atoms with Gasteiger partial charge >= 0.3 is 0 Å². The van der Waals surface area contributed by atoms with E-state index in [-0.39, 0.29) is 12.3 Å². The Hall–Kier alpha value is -3.38. The van der Waals surface area contributed by atoms with E-state index in [1.165, 1.54) is 0 Å². The molecule has 0 unspecified atom stereocenters. The lowest BCUT2D eigenvalue weighted by atomic mass is 10.2. The van der Waals surface area contributed by atoms with Gasteiger partial charge in [-0.15, -0.1) is 0 Å². The van der Waals surface area contributed by atoms with Crippen LogP contribution in [0.4, 0.5) is 5.69 Å². The molecule has 4 rings (SSSR count). The average Bonchev–Trinajstić information content (AvgIpc) is 3.38. The zero-order chi connectivity index (χ0) is 20.9. The molecule has 0 saturated heterocycles. The molecular formula is C23H21ClN4O2. The van der Waals surface area contributed by atoms with Crippen molar-refractivity contribution in [3.63, 3.8) is 0 Å². The van der Waals surface area contributed by atoms with Crippen molar-refractivity contribution in [2.45, 2.75) is 26.3 Å². The van der Waals surface area contributed by atoms with E-state index in [1.807, 2.05) is 49.5 Å². The summed E-state index contributed by atoms with van der Waals surface area (Å²) in [6.07, 6.45) is 6.12. The molecule has 1 N–H and O–H groups in total. The normalized spacial score (nSPS) is 10.9. The van der Waals surface area contributed by atoms with Crippen LogP contribution in [0.5, 0.6) is 0 Å². The number of imidazole rings is 1. The molecule has 0 bridgehead atoms. The number of carbonyl (C=O) groups excluding carboxylic acids is 1. The molecule has 0 fully saturated rings. The number of halogens is 1. The average molecular weight is 421 g/mol. The van der Waals surface area contributed by atoms with Gasteiger partial charge in [-0.2, -0.15) is 0 Å². The number of anilines is 1. The minimum Gasteiger partial charge on any atom is -0.441 e. The van der Waals surface area contributed by atoms with Crippen molar-refractivity contribution in [2.75, 3.05) is 5.32 Å². The van der Waals surface area contributed by atoms with E-state index in [0.717, 1.165) is 29.2 Å². The highest BCUT2D eigenvalue weighted by atomic mass is 35.5. The minimum atomic E-state index is -0.0838. The molecule has 6 nitrogen and oxygen atoms in total. The number of carbonyl (C=O) groups is 1. The Labute approximate surface area is 179 Å². The number of hydrogen-bond donors (Lipinski definition) is 1. The van der Waals surface area contributed by atoms with Gasteiger partial charge in [0.05, 0.1) is 6.20 Å². The van der Waals surface area contributed by atoms with Gasteiger partial charge in [-0.25, -0.2) is 9.97 Å². The minimum absolute atomic E-state index is 0.0838. The number of aromatic nitrogens is 3. The number of rotatable bonds is 7. The lowest BCUT2D eigenvalue weighted by Crippen LogP contribution is -2.12. The van der Waals surface area contributed by atoms with Crippen LogP contribution in [-0.4, -0.2) is 20.4 Å². The van der Waals surface area contributed by atoms with Gasteiger partial charge in [0, 0.05) is 48.1 Å². The second-order valence-corrected chi connectivity index (χ2v) is 7.41. The summed E-state index contributed by atoms with van der Waals surface area (Å²) in [7, 11) is 0. The third-order valence-electron chi connectivity index (χ3n) is 4.76. The Kier molecular flexibility index (Phi) is 5.95. The summed E-state index contributed by atoms with van der Waals surface area (Å²) in [5.74, 6) is 2.07. The summed E-state index contributed by atoms with van der Waals surface area (Å²) in [4.78, 5) is 20.8. The molecule has 152 valence electrons. The Bertz CT molecular complexity index is 1130. The molecule has 0 aliphatic carbocycles. The van der Waals surface area contributed by atoms with E-state index >= 15 is 0 Å². The molecule has 0 aliphatic heterocycles. The molecule has 0 radical (unpaired) electrons. The lowest BCUT2D eigenvalue weighted by molar-refractivity contribution is -0.116. The Morgan fingerprint density at radius 2 is 1.87 bits per heavy atom. The molecule has 7 heteroatoms. The van der Waals surface area contributed by atoms with Crippen LogP contribution in [0.1, 0.15) is 23.7 Å². The van der Waals surface area contributed by atoms with Gasteiger partial charge in [0.25, 0.3) is 0 Å². The van der Waals surface area contributed by atoms with Gasteiger partial charge in [-0.3, -0.25) is 4.79 Å². The molecule has 2 aromatic carbocycles. The number of benzene rings is 2. The smallest absolute Gasteiger partial charge is 0.224 e. The van der Waals surface area contributed by atoms with Crippen LogP contribution >= 0.6 is 11.6 Å². The van der Waals surface area contributed by atoms with Gasteiger partial charge < -0.3 is 14.3 Å². The van der Waals surface area contributed by atoms with Crippen LogP contribution in [0.25, 0.3) is 11.3 Å². The zero-order valence-corrected chi connectivity index (χ0v) is 17.3. The van der Waals surface area contributed by atoms with Crippen molar-refractivity contribution >= 4 is 23.2 Å². The van der Waals surface area contributed by atoms with E-state index in [2.05, 4.69) is 19.9 Å². The summed E-state index contributed by atoms with van der Waals surface area (Å²) < 4.78 is 7.82. The molecule has 2 aromatic heterocycles. The van der Waals surface area contributed by atoms with E-state index in [0.29, 0.717) is 23.1 Å². The summed E-state index contributed by atoms with van der Waals surface area (Å²) in [6, 6.07) is 15.2. The molecule has 0 aliphatic rings. The highest BCUT2D eigenvalue weighted by Crippen LogP contribution is 2.23. The Morgan fingerprint density at radius 1 is 1.10 bits per heavy atom. The monoisotopic (exact) mass is 420 g/mol. The molecule has 0 spiro atoms. The first-order valence-electron chi connectivity index (χ1n) is 9.64. The Morgan fingerprint density at radius 3 is 2.57 bits per heavy atom. The first kappa shape index (κ1) is 19.9. The Balaban J connectivity index is 1.29. The summed E-state index contributed by atoms with van der Waals surface area (Å²) in [5.41, 5.74) is 2.80. The third-order valence-corrected chi connectivity index (χ3v) is 5.01. The van der Waals surface area contributed by atoms with Gasteiger partial charge in [-0.1, -0.05) is 23.7 Å². The van der Waals surface area contributed by atoms with Gasteiger partial charge in [0.2, 0.25) is 5.91 Å². The van der Waals surface area contributed by atoms with Crippen molar-refractivity contribution in [2.24, 2.45) is 0 Å². The number of oxazole rings is 1. The maximum atomic E-state index is 12.3. The van der Waals surface area contributed by atoms with Crippen LogP contribution in [0, 0.1) is 6.92 Å². The fourth-order valence-electron chi connectivity index (χ4n) is 3.08. The molecule has 1 amide bonds. The number of nitrogens with zero attached hydrogens (tertiary/aromatic N) is 3. The van der Waals surface area contributed by atoms with Crippen molar-refractivity contribution in [1.29, 1.82) is 0 Å². The largest absolute Gasteiger partial charge is 0.441 e. The first-order chi connectivity index (χ1) is 14.6. The highest BCUT2D eigenvalue weighted by molar-refractivity contribution is 6.30. The quantitative estimate of drug-likeness (QED) is 0.450. The van der Waals surface area contributed by atoms with Crippen LogP contribution in [0.2, 0.25) is 5.02 Å². The summed E-state index contributed by atoms with van der Waals surface area (Å²) in [5, 5.41) is 3.58. The van der Waals surface area contributed by atoms with Gasteiger partial charge in [-0.05, 0) is 48.9 Å². The van der Waals surface area contributed by atoms with Crippen LogP contribution < -0.4 is 5.32 Å². The predicted molar refractivity (Wildman–Crippen MR) is 116 cm³/mol. The molecule has 0 atom stereocenters. The standard InChI is InChI=1S/C23H21ClN4O2/c1-16-25-12-13-28(16)15-17-2-8-20(9-3-17)27-22(29)10-11-23-26-14-21(30-23)18-4-6-19(24)7-5-18/h2-9,12-14H,10-11,15H2,1H3,(H,27,29). The topological polar surface area (TPSA) is 73.0 Å². The fourth-order valence-corrected chi connectivity index (χ4v) is 3.20. The van der Waals surface area contributed by atoms with E-state index in [1.54, 1.807) is 24.5 Å². The number of aryl methyl sites for hydroxylation is 2. The van der Waals surface area contributed by atoms with Crippen molar-refractivity contribution in [3.05, 3.63) is 89.4 Å². The van der Waals surface area contributed by atoms with E-state index in [4.69, 9.17) is 16.0 Å². The zero-order valence-electron chi connectivity index (χ0n) is 16.5. The lowest BCUT2D eigenvalue weighted by Gasteiger charge is -2.08. The summed E-state index contributed by atoms with van der Waals surface area (Å²) in [6.45, 7) is 2.72. The first-order valence-corrected chi connectivity index (χ1v) is 10.0. The van der Waals surface area contributed by atoms with Crippen molar-refractivity contribution < 1.29 is 9.21 Å².